The first-order valence-electron chi connectivity index (χ1n) is 6.60. The van der Waals surface area contributed by atoms with Crippen molar-refractivity contribution in [3.8, 4) is 5.75 Å². The van der Waals surface area contributed by atoms with Gasteiger partial charge in [0.1, 0.15) is 5.75 Å². The third-order valence-corrected chi connectivity index (χ3v) is 3.96. The molecule has 0 aromatic heterocycles. The number of piperidine rings is 1. The molecule has 0 amide bonds. The maximum Gasteiger partial charge on any atom is 0.401 e. The van der Waals surface area contributed by atoms with Crippen LogP contribution in [-0.4, -0.2) is 37.3 Å². The minimum Gasteiger partial charge on any atom is -0.493 e. The molecule has 1 aromatic carbocycles. The lowest BCUT2D eigenvalue weighted by Gasteiger charge is -2.32. The number of ether oxygens (including phenoxy) is 1. The van der Waals surface area contributed by atoms with E-state index in [1.54, 1.807) is 0 Å². The SMILES string of the molecule is Cl.FC(F)(F)CN1CCC[C@H](COc2cccc(I)c2)C1. The van der Waals surface area contributed by atoms with E-state index >= 15 is 0 Å². The number of hydrogen-bond acceptors (Lipinski definition) is 2. The summed E-state index contributed by atoms with van der Waals surface area (Å²) in [5.41, 5.74) is 0. The second-order valence-corrected chi connectivity index (χ2v) is 6.37. The van der Waals surface area contributed by atoms with Crippen molar-refractivity contribution in [1.82, 2.24) is 4.90 Å². The molecule has 1 saturated heterocycles. The smallest absolute Gasteiger partial charge is 0.401 e. The predicted octanol–water partition coefficient (Wildman–Crippen LogP) is 4.37. The predicted molar refractivity (Wildman–Crippen MR) is 87.1 cm³/mol. The number of benzene rings is 1. The minimum absolute atomic E-state index is 0. The van der Waals surface area contributed by atoms with Gasteiger partial charge < -0.3 is 4.74 Å². The highest BCUT2D eigenvalue weighted by Gasteiger charge is 2.33. The Morgan fingerprint density at radius 3 is 2.76 bits per heavy atom. The van der Waals surface area contributed by atoms with Crippen LogP contribution < -0.4 is 4.74 Å². The van der Waals surface area contributed by atoms with Crippen LogP contribution in [0.5, 0.6) is 5.75 Å². The molecular formula is C14H18ClF3INO. The fraction of sp³-hybridized carbons (Fsp3) is 0.571. The molecular weight excluding hydrogens is 418 g/mol. The third-order valence-electron chi connectivity index (χ3n) is 3.29. The molecule has 1 aliphatic heterocycles. The van der Waals surface area contributed by atoms with Gasteiger partial charge in [-0.05, 0) is 60.2 Å². The van der Waals surface area contributed by atoms with E-state index in [1.165, 1.54) is 4.90 Å². The summed E-state index contributed by atoms with van der Waals surface area (Å²) < 4.78 is 43.9. The average Bonchev–Trinajstić information content (AvgIpc) is 2.35. The van der Waals surface area contributed by atoms with Gasteiger partial charge in [-0.25, -0.2) is 0 Å². The van der Waals surface area contributed by atoms with Gasteiger partial charge in [-0.15, -0.1) is 12.4 Å². The Morgan fingerprint density at radius 2 is 2.10 bits per heavy atom. The maximum atomic E-state index is 12.4. The Labute approximate surface area is 142 Å². The summed E-state index contributed by atoms with van der Waals surface area (Å²) in [6.45, 7) is 0.657. The molecule has 0 spiro atoms. The molecule has 1 aromatic rings. The molecule has 1 heterocycles. The molecule has 1 aliphatic rings. The van der Waals surface area contributed by atoms with E-state index in [0.717, 1.165) is 22.2 Å². The van der Waals surface area contributed by atoms with Crippen LogP contribution in [0.15, 0.2) is 24.3 Å². The van der Waals surface area contributed by atoms with Gasteiger partial charge in [-0.2, -0.15) is 13.2 Å². The van der Waals surface area contributed by atoms with Gasteiger partial charge >= 0.3 is 6.18 Å². The highest BCUT2D eigenvalue weighted by molar-refractivity contribution is 14.1. The van der Waals surface area contributed by atoms with Crippen LogP contribution in [0.1, 0.15) is 12.8 Å². The lowest BCUT2D eigenvalue weighted by atomic mass is 9.99. The molecule has 7 heteroatoms. The second-order valence-electron chi connectivity index (χ2n) is 5.13. The van der Waals surface area contributed by atoms with Crippen molar-refractivity contribution in [3.05, 3.63) is 27.8 Å². The monoisotopic (exact) mass is 435 g/mol. The van der Waals surface area contributed by atoms with E-state index in [9.17, 15) is 13.2 Å². The second kappa shape index (κ2) is 8.43. The molecule has 0 N–H and O–H groups in total. The van der Waals surface area contributed by atoms with Crippen LogP contribution in [0.2, 0.25) is 0 Å². The first-order chi connectivity index (χ1) is 9.42. The van der Waals surface area contributed by atoms with Gasteiger partial charge in [-0.1, -0.05) is 6.07 Å². The number of nitrogens with zero attached hydrogens (tertiary/aromatic N) is 1. The lowest BCUT2D eigenvalue weighted by Crippen LogP contribution is -2.42. The maximum absolute atomic E-state index is 12.4. The number of halogens is 5. The topological polar surface area (TPSA) is 12.5 Å². The Hall–Kier alpha value is -0.210. The molecule has 21 heavy (non-hydrogen) atoms. The van der Waals surface area contributed by atoms with Crippen LogP contribution in [0.25, 0.3) is 0 Å². The van der Waals surface area contributed by atoms with E-state index < -0.39 is 12.7 Å². The number of alkyl halides is 3. The van der Waals surface area contributed by atoms with E-state index in [1.807, 2.05) is 24.3 Å². The Balaban J connectivity index is 0.00000220. The quantitative estimate of drug-likeness (QED) is 0.652. The Kier molecular flexibility index (Phi) is 7.56. The minimum atomic E-state index is -4.11. The molecule has 120 valence electrons. The molecule has 1 atom stereocenters. The summed E-state index contributed by atoms with van der Waals surface area (Å²) in [7, 11) is 0. The fourth-order valence-electron chi connectivity index (χ4n) is 2.46. The number of likely N-dealkylation sites (tertiary alicyclic amines) is 1. The Morgan fingerprint density at radius 1 is 1.33 bits per heavy atom. The highest BCUT2D eigenvalue weighted by atomic mass is 127. The van der Waals surface area contributed by atoms with E-state index in [0.29, 0.717) is 19.7 Å². The van der Waals surface area contributed by atoms with Crippen LogP contribution in [0.3, 0.4) is 0 Å². The van der Waals surface area contributed by atoms with Crippen molar-refractivity contribution in [3.63, 3.8) is 0 Å². The highest BCUT2D eigenvalue weighted by Crippen LogP contribution is 2.23. The van der Waals surface area contributed by atoms with Gasteiger partial charge in [0.25, 0.3) is 0 Å². The summed E-state index contributed by atoms with van der Waals surface area (Å²) in [5.74, 6) is 0.953. The van der Waals surface area contributed by atoms with Gasteiger partial charge in [-0.3, -0.25) is 4.90 Å². The molecule has 0 radical (unpaired) electrons. The molecule has 2 nitrogen and oxygen atoms in total. The Bertz CT molecular complexity index is 444. The zero-order chi connectivity index (χ0) is 14.6. The summed E-state index contributed by atoms with van der Waals surface area (Å²) in [6, 6.07) is 7.68. The normalized spacial score (nSPS) is 19.9. The molecule has 0 saturated carbocycles. The zero-order valence-corrected chi connectivity index (χ0v) is 14.4. The van der Waals surface area contributed by atoms with Crippen LogP contribution in [-0.2, 0) is 0 Å². The molecule has 1 fully saturated rings. The van der Waals surface area contributed by atoms with Crippen molar-refractivity contribution in [2.45, 2.75) is 19.0 Å². The van der Waals surface area contributed by atoms with Crippen LogP contribution in [0, 0.1) is 9.49 Å². The van der Waals surface area contributed by atoms with Crippen molar-refractivity contribution in [1.29, 1.82) is 0 Å². The fourth-order valence-corrected chi connectivity index (χ4v) is 2.97. The molecule has 0 aliphatic carbocycles. The number of hydrogen-bond donors (Lipinski definition) is 0. The van der Waals surface area contributed by atoms with E-state index in [-0.39, 0.29) is 18.3 Å². The molecule has 0 bridgehead atoms. The van der Waals surface area contributed by atoms with Gasteiger partial charge in [0.15, 0.2) is 0 Å². The van der Waals surface area contributed by atoms with Crippen molar-refractivity contribution < 1.29 is 17.9 Å². The molecule has 0 unspecified atom stereocenters. The first kappa shape index (κ1) is 18.8. The first-order valence-corrected chi connectivity index (χ1v) is 7.68. The van der Waals surface area contributed by atoms with E-state index in [2.05, 4.69) is 22.6 Å². The average molecular weight is 436 g/mol. The zero-order valence-electron chi connectivity index (χ0n) is 11.4. The summed E-state index contributed by atoms with van der Waals surface area (Å²) in [4.78, 5) is 1.48. The summed E-state index contributed by atoms with van der Waals surface area (Å²) >= 11 is 2.20. The third kappa shape index (κ3) is 7.06. The largest absolute Gasteiger partial charge is 0.493 e. The van der Waals surface area contributed by atoms with Gasteiger partial charge in [0, 0.05) is 16.0 Å². The van der Waals surface area contributed by atoms with Crippen molar-refractivity contribution in [2.24, 2.45) is 5.92 Å². The van der Waals surface area contributed by atoms with Crippen molar-refractivity contribution in [2.75, 3.05) is 26.2 Å². The van der Waals surface area contributed by atoms with Crippen molar-refractivity contribution >= 4 is 35.0 Å². The lowest BCUT2D eigenvalue weighted by molar-refractivity contribution is -0.149. The van der Waals surface area contributed by atoms with E-state index in [4.69, 9.17) is 4.74 Å². The standard InChI is InChI=1S/C14H17F3INO.ClH/c15-14(16,17)10-19-6-2-3-11(8-19)9-20-13-5-1-4-12(18)7-13;/h1,4-5,7,11H,2-3,6,8-10H2;1H/t11-;/m0./s1. The van der Waals surface area contributed by atoms with Crippen LogP contribution in [0.4, 0.5) is 13.2 Å². The number of rotatable bonds is 4. The van der Waals surface area contributed by atoms with Gasteiger partial charge in [0.2, 0.25) is 0 Å². The van der Waals surface area contributed by atoms with Gasteiger partial charge in [0.05, 0.1) is 13.2 Å². The van der Waals surface area contributed by atoms with Crippen LogP contribution >= 0.6 is 35.0 Å². The summed E-state index contributed by atoms with van der Waals surface area (Å²) in [5, 5.41) is 0. The molecule has 2 rings (SSSR count). The summed E-state index contributed by atoms with van der Waals surface area (Å²) in [6.07, 6.45) is -2.38.